The zero-order valence-electron chi connectivity index (χ0n) is 11.7. The van der Waals surface area contributed by atoms with Gasteiger partial charge in [0.25, 0.3) is 0 Å². The largest absolute Gasteiger partial charge is 0.481 e. The van der Waals surface area contributed by atoms with Crippen LogP contribution in [0.4, 0.5) is 5.69 Å². The minimum atomic E-state index is -0.224. The van der Waals surface area contributed by atoms with Crippen molar-refractivity contribution in [3.05, 3.63) is 54.2 Å². The maximum Gasteiger partial charge on any atom is 0.213 e. The molecule has 0 saturated carbocycles. The number of nitrogens with two attached hydrogens (primary N) is 1. The lowest BCUT2D eigenvalue weighted by atomic mass is 9.98. The maximum atomic E-state index is 8.94. The molecule has 110 valence electrons. The summed E-state index contributed by atoms with van der Waals surface area (Å²) in [5, 5.41) is 15.3. The van der Waals surface area contributed by atoms with E-state index in [1.54, 1.807) is 19.4 Å². The first kappa shape index (κ1) is 14.6. The van der Waals surface area contributed by atoms with Gasteiger partial charge < -0.3 is 21.0 Å². The molecule has 1 atom stereocenters. The van der Waals surface area contributed by atoms with E-state index in [1.165, 1.54) is 0 Å². The predicted molar refractivity (Wildman–Crippen MR) is 81.9 cm³/mol. The Bertz CT molecular complexity index is 584. The van der Waals surface area contributed by atoms with Crippen molar-refractivity contribution in [1.82, 2.24) is 4.98 Å². The summed E-state index contributed by atoms with van der Waals surface area (Å²) < 4.78 is 5.01. The van der Waals surface area contributed by atoms with E-state index in [2.05, 4.69) is 15.5 Å². The van der Waals surface area contributed by atoms with E-state index in [9.17, 15) is 0 Å². The molecule has 6 heteroatoms. The molecule has 2 rings (SSSR count). The second kappa shape index (κ2) is 7.14. The number of nitrogens with zero attached hydrogens (tertiary/aromatic N) is 2. The number of pyridine rings is 1. The number of ether oxygens (including phenoxy) is 1. The van der Waals surface area contributed by atoms with Crippen LogP contribution in [0.25, 0.3) is 0 Å². The number of rotatable bonds is 6. The minimum Gasteiger partial charge on any atom is -0.481 e. The first-order valence-corrected chi connectivity index (χ1v) is 6.51. The van der Waals surface area contributed by atoms with Crippen molar-refractivity contribution in [2.75, 3.05) is 19.0 Å². The number of aromatic nitrogens is 1. The average Bonchev–Trinajstić information content (AvgIpc) is 2.56. The zero-order valence-corrected chi connectivity index (χ0v) is 11.7. The number of nitrogens with one attached hydrogen (secondary N) is 1. The Hall–Kier alpha value is -2.76. The van der Waals surface area contributed by atoms with E-state index in [4.69, 9.17) is 15.7 Å². The standard InChI is InChI=1S/C15H18N4O2/c1-21-14-8-7-12(9-18-14)17-10-13(15(16)19-20)11-5-3-2-4-6-11/h2-9,13,17,20H,10H2,1H3,(H2,16,19). The lowest BCUT2D eigenvalue weighted by Gasteiger charge is -2.17. The first-order chi connectivity index (χ1) is 10.2. The van der Waals surface area contributed by atoms with E-state index >= 15 is 0 Å². The van der Waals surface area contributed by atoms with E-state index < -0.39 is 0 Å². The van der Waals surface area contributed by atoms with Crippen molar-refractivity contribution in [2.45, 2.75) is 5.92 Å². The molecule has 0 aliphatic heterocycles. The van der Waals surface area contributed by atoms with Crippen molar-refractivity contribution in [1.29, 1.82) is 0 Å². The lowest BCUT2D eigenvalue weighted by Crippen LogP contribution is -2.28. The van der Waals surface area contributed by atoms with Gasteiger partial charge in [-0.05, 0) is 11.6 Å². The van der Waals surface area contributed by atoms with Crippen LogP contribution >= 0.6 is 0 Å². The van der Waals surface area contributed by atoms with Crippen LogP contribution in [0.1, 0.15) is 11.5 Å². The number of anilines is 1. The molecule has 0 aliphatic rings. The van der Waals surface area contributed by atoms with Gasteiger partial charge in [0.05, 0.1) is 24.9 Å². The fourth-order valence-corrected chi connectivity index (χ4v) is 1.97. The Morgan fingerprint density at radius 1 is 1.33 bits per heavy atom. The van der Waals surface area contributed by atoms with Gasteiger partial charge in [-0.3, -0.25) is 0 Å². The van der Waals surface area contributed by atoms with Gasteiger partial charge in [-0.15, -0.1) is 0 Å². The minimum absolute atomic E-state index is 0.162. The van der Waals surface area contributed by atoms with Gasteiger partial charge in [0.15, 0.2) is 0 Å². The SMILES string of the molecule is COc1ccc(NCC(C(N)=NO)c2ccccc2)cn1. The third-order valence-electron chi connectivity index (χ3n) is 3.13. The molecule has 4 N–H and O–H groups in total. The molecule has 0 bridgehead atoms. The summed E-state index contributed by atoms with van der Waals surface area (Å²) in [4.78, 5) is 4.12. The van der Waals surface area contributed by atoms with Crippen molar-refractivity contribution in [2.24, 2.45) is 10.9 Å². The van der Waals surface area contributed by atoms with Crippen molar-refractivity contribution >= 4 is 11.5 Å². The molecule has 1 unspecified atom stereocenters. The molecular weight excluding hydrogens is 268 g/mol. The smallest absolute Gasteiger partial charge is 0.213 e. The number of methoxy groups -OCH3 is 1. The van der Waals surface area contributed by atoms with Crippen LogP contribution in [0.5, 0.6) is 5.88 Å². The molecule has 6 nitrogen and oxygen atoms in total. The second-order valence-electron chi connectivity index (χ2n) is 4.46. The highest BCUT2D eigenvalue weighted by molar-refractivity contribution is 5.87. The summed E-state index contributed by atoms with van der Waals surface area (Å²) >= 11 is 0. The van der Waals surface area contributed by atoms with Gasteiger partial charge in [-0.25, -0.2) is 4.98 Å². The number of hydrogen-bond acceptors (Lipinski definition) is 5. The Labute approximate surface area is 123 Å². The lowest BCUT2D eigenvalue weighted by molar-refractivity contribution is 0.316. The van der Waals surface area contributed by atoms with Crippen LogP contribution in [0, 0.1) is 0 Å². The molecule has 1 aromatic heterocycles. The van der Waals surface area contributed by atoms with Gasteiger partial charge in [0.2, 0.25) is 5.88 Å². The van der Waals surface area contributed by atoms with Gasteiger partial charge in [0, 0.05) is 12.6 Å². The predicted octanol–water partition coefficient (Wildman–Crippen LogP) is 2.03. The molecule has 0 saturated heterocycles. The van der Waals surface area contributed by atoms with Crippen molar-refractivity contribution < 1.29 is 9.94 Å². The summed E-state index contributed by atoms with van der Waals surface area (Å²) in [7, 11) is 1.57. The number of amidine groups is 1. The molecule has 0 fully saturated rings. The van der Waals surface area contributed by atoms with Gasteiger partial charge in [0.1, 0.15) is 5.84 Å². The van der Waals surface area contributed by atoms with Crippen LogP contribution in [-0.2, 0) is 0 Å². The Morgan fingerprint density at radius 3 is 2.67 bits per heavy atom. The van der Waals surface area contributed by atoms with Gasteiger partial charge in [-0.1, -0.05) is 35.5 Å². The fourth-order valence-electron chi connectivity index (χ4n) is 1.97. The molecule has 21 heavy (non-hydrogen) atoms. The molecule has 2 aromatic rings. The van der Waals surface area contributed by atoms with Crippen LogP contribution < -0.4 is 15.8 Å². The highest BCUT2D eigenvalue weighted by atomic mass is 16.5. The molecule has 0 spiro atoms. The Kier molecular flexibility index (Phi) is 4.98. The van der Waals surface area contributed by atoms with Crippen LogP contribution in [-0.4, -0.2) is 29.7 Å². The molecule has 0 aliphatic carbocycles. The summed E-state index contributed by atoms with van der Waals surface area (Å²) in [5.41, 5.74) is 7.59. The highest BCUT2D eigenvalue weighted by Crippen LogP contribution is 2.18. The quantitative estimate of drug-likeness (QED) is 0.327. The first-order valence-electron chi connectivity index (χ1n) is 6.51. The van der Waals surface area contributed by atoms with E-state index in [-0.39, 0.29) is 11.8 Å². The summed E-state index contributed by atoms with van der Waals surface area (Å²) in [6.07, 6.45) is 1.67. The normalized spacial score (nSPS) is 12.7. The van der Waals surface area contributed by atoms with Crippen LogP contribution in [0.2, 0.25) is 0 Å². The zero-order chi connectivity index (χ0) is 15.1. The van der Waals surface area contributed by atoms with E-state index in [0.29, 0.717) is 12.4 Å². The van der Waals surface area contributed by atoms with Crippen LogP contribution in [0.3, 0.4) is 0 Å². The molecule has 0 radical (unpaired) electrons. The van der Waals surface area contributed by atoms with Crippen molar-refractivity contribution in [3.8, 4) is 5.88 Å². The summed E-state index contributed by atoms with van der Waals surface area (Å²) in [5.74, 6) is 0.491. The van der Waals surface area contributed by atoms with E-state index in [0.717, 1.165) is 11.3 Å². The number of oxime groups is 1. The van der Waals surface area contributed by atoms with Crippen LogP contribution in [0.15, 0.2) is 53.8 Å². The van der Waals surface area contributed by atoms with Gasteiger partial charge >= 0.3 is 0 Å². The molecular formula is C15H18N4O2. The molecule has 0 amide bonds. The highest BCUT2D eigenvalue weighted by Gasteiger charge is 2.16. The Morgan fingerprint density at radius 2 is 2.10 bits per heavy atom. The average molecular weight is 286 g/mol. The summed E-state index contributed by atoms with van der Waals surface area (Å²) in [6, 6.07) is 13.3. The van der Waals surface area contributed by atoms with E-state index in [1.807, 2.05) is 36.4 Å². The number of benzene rings is 1. The fraction of sp³-hybridized carbons (Fsp3) is 0.200. The third-order valence-corrected chi connectivity index (χ3v) is 3.13. The molecule has 1 aromatic carbocycles. The monoisotopic (exact) mass is 286 g/mol. The topological polar surface area (TPSA) is 92.8 Å². The third kappa shape index (κ3) is 3.85. The van der Waals surface area contributed by atoms with Gasteiger partial charge in [-0.2, -0.15) is 0 Å². The Balaban J connectivity index is 2.09. The summed E-state index contributed by atoms with van der Waals surface area (Å²) in [6.45, 7) is 0.494. The number of hydrogen-bond donors (Lipinski definition) is 3. The van der Waals surface area contributed by atoms with Crippen molar-refractivity contribution in [3.63, 3.8) is 0 Å². The molecule has 1 heterocycles. The second-order valence-corrected chi connectivity index (χ2v) is 4.46. The maximum absolute atomic E-state index is 8.94.